The first kappa shape index (κ1) is 13.6. The Hall–Kier alpha value is -1.51. The van der Waals surface area contributed by atoms with Crippen molar-refractivity contribution in [3.63, 3.8) is 0 Å². The van der Waals surface area contributed by atoms with Crippen molar-refractivity contribution < 1.29 is 32.6 Å². The molecular weight excluding hydrogens is 245 g/mol. The molecular formula is C8H11F3N2O4. The molecule has 0 aromatic rings. The minimum absolute atomic E-state index is 0.101. The number of primary amides is 1. The summed E-state index contributed by atoms with van der Waals surface area (Å²) in [6, 6.07) is -1.13. The molecule has 1 heterocycles. The second-order valence-corrected chi connectivity index (χ2v) is 3.63. The lowest BCUT2D eigenvalue weighted by atomic mass is 10.2. The zero-order valence-corrected chi connectivity index (χ0v) is 8.61. The van der Waals surface area contributed by atoms with Crippen molar-refractivity contribution >= 4 is 12.0 Å². The number of rotatable bonds is 2. The maximum atomic E-state index is 11.8. The molecule has 98 valence electrons. The van der Waals surface area contributed by atoms with E-state index in [1.54, 1.807) is 0 Å². The van der Waals surface area contributed by atoms with Gasteiger partial charge in [0.05, 0.1) is 12.6 Å². The number of likely N-dealkylation sites (tertiary alicyclic amines) is 1. The van der Waals surface area contributed by atoms with E-state index in [1.807, 2.05) is 0 Å². The van der Waals surface area contributed by atoms with Crippen LogP contribution in [0.3, 0.4) is 0 Å². The maximum absolute atomic E-state index is 11.8. The average Bonchev–Trinajstić information content (AvgIpc) is 2.55. The molecule has 3 N–H and O–H groups in total. The highest BCUT2D eigenvalue weighted by atomic mass is 19.4. The molecule has 1 fully saturated rings. The monoisotopic (exact) mass is 256 g/mol. The molecule has 2 unspecified atom stereocenters. The number of nitrogens with zero attached hydrogens (tertiary/aromatic N) is 1. The van der Waals surface area contributed by atoms with Crippen LogP contribution >= 0.6 is 0 Å². The van der Waals surface area contributed by atoms with Crippen LogP contribution in [0.4, 0.5) is 18.0 Å². The standard InChI is InChI=1S/C8H11F3N2O4/c9-8(10,11)3-17-7(16)13-2-4(14)1-5(13)6(12)15/h4-5,14H,1-3H2,(H2,12,15). The molecule has 1 rings (SSSR count). The first-order valence-corrected chi connectivity index (χ1v) is 4.68. The van der Waals surface area contributed by atoms with E-state index in [-0.39, 0.29) is 13.0 Å². The first-order chi connectivity index (χ1) is 7.70. The molecule has 1 aliphatic rings. The highest BCUT2D eigenvalue weighted by Gasteiger charge is 2.40. The second kappa shape index (κ2) is 4.78. The predicted octanol–water partition coefficient (Wildman–Crippen LogP) is -0.394. The number of β-amino-alcohol motifs (C(OH)–C–C–N with tert-alkyl or cyclic N) is 1. The third kappa shape index (κ3) is 3.77. The molecule has 6 nitrogen and oxygen atoms in total. The molecule has 0 aromatic heterocycles. The number of hydrogen-bond acceptors (Lipinski definition) is 4. The molecule has 0 aromatic carbocycles. The topological polar surface area (TPSA) is 92.9 Å². The number of carbonyl (C=O) groups is 2. The molecule has 1 saturated heterocycles. The SMILES string of the molecule is NC(=O)C1CC(O)CN1C(=O)OCC(F)(F)F. The Labute approximate surface area is 94.1 Å². The van der Waals surface area contributed by atoms with Gasteiger partial charge in [0.15, 0.2) is 6.61 Å². The average molecular weight is 256 g/mol. The van der Waals surface area contributed by atoms with Crippen molar-refractivity contribution in [3.05, 3.63) is 0 Å². The van der Waals surface area contributed by atoms with Crippen LogP contribution in [0, 0.1) is 0 Å². The van der Waals surface area contributed by atoms with Crippen LogP contribution in [-0.2, 0) is 9.53 Å². The quantitative estimate of drug-likeness (QED) is 0.703. The Morgan fingerprint density at radius 2 is 2.06 bits per heavy atom. The van der Waals surface area contributed by atoms with Gasteiger partial charge in [0.1, 0.15) is 6.04 Å². The van der Waals surface area contributed by atoms with Gasteiger partial charge in [-0.2, -0.15) is 13.2 Å². The lowest BCUT2D eigenvalue weighted by molar-refractivity contribution is -0.162. The van der Waals surface area contributed by atoms with Gasteiger partial charge in [-0.1, -0.05) is 0 Å². The number of carbonyl (C=O) groups excluding carboxylic acids is 2. The number of aliphatic hydroxyl groups excluding tert-OH is 1. The third-order valence-electron chi connectivity index (χ3n) is 2.20. The minimum atomic E-state index is -4.64. The van der Waals surface area contributed by atoms with E-state index in [0.29, 0.717) is 4.90 Å². The molecule has 0 spiro atoms. The summed E-state index contributed by atoms with van der Waals surface area (Å²) in [6.07, 6.45) is -7.05. The summed E-state index contributed by atoms with van der Waals surface area (Å²) in [5.74, 6) is -0.898. The normalized spacial score (nSPS) is 24.8. The van der Waals surface area contributed by atoms with Crippen molar-refractivity contribution in [3.8, 4) is 0 Å². The van der Waals surface area contributed by atoms with Crippen molar-refractivity contribution in [1.82, 2.24) is 4.90 Å². The summed E-state index contributed by atoms with van der Waals surface area (Å²) >= 11 is 0. The van der Waals surface area contributed by atoms with E-state index >= 15 is 0 Å². The zero-order chi connectivity index (χ0) is 13.2. The largest absolute Gasteiger partial charge is 0.440 e. The highest BCUT2D eigenvalue weighted by molar-refractivity contribution is 5.85. The van der Waals surface area contributed by atoms with Gasteiger partial charge in [0.25, 0.3) is 0 Å². The number of halogens is 3. The van der Waals surface area contributed by atoms with Crippen molar-refractivity contribution in [2.45, 2.75) is 24.7 Å². The van der Waals surface area contributed by atoms with Crippen LogP contribution in [0.25, 0.3) is 0 Å². The number of nitrogens with two attached hydrogens (primary N) is 1. The Bertz CT molecular complexity index is 320. The Morgan fingerprint density at radius 3 is 2.53 bits per heavy atom. The lowest BCUT2D eigenvalue weighted by Crippen LogP contribution is -2.44. The molecule has 0 bridgehead atoms. The molecule has 0 saturated carbocycles. The number of ether oxygens (including phenoxy) is 1. The maximum Gasteiger partial charge on any atom is 0.422 e. The number of alkyl halides is 3. The second-order valence-electron chi connectivity index (χ2n) is 3.63. The van der Waals surface area contributed by atoms with Crippen LogP contribution in [0.1, 0.15) is 6.42 Å². The van der Waals surface area contributed by atoms with Gasteiger partial charge in [-0.25, -0.2) is 4.79 Å². The fourth-order valence-corrected chi connectivity index (χ4v) is 1.51. The lowest BCUT2D eigenvalue weighted by Gasteiger charge is -2.21. The van der Waals surface area contributed by atoms with E-state index in [0.717, 1.165) is 0 Å². The molecule has 1 aliphatic heterocycles. The van der Waals surface area contributed by atoms with Crippen molar-refractivity contribution in [2.24, 2.45) is 5.73 Å². The van der Waals surface area contributed by atoms with Crippen molar-refractivity contribution in [2.75, 3.05) is 13.2 Å². The smallest absolute Gasteiger partial charge is 0.422 e. The van der Waals surface area contributed by atoms with Gasteiger partial charge in [-0.3, -0.25) is 9.69 Å². The summed E-state index contributed by atoms with van der Waals surface area (Å²) < 4.78 is 39.4. The summed E-state index contributed by atoms with van der Waals surface area (Å²) in [6.45, 7) is -2.02. The Balaban J connectivity index is 2.59. The highest BCUT2D eigenvalue weighted by Crippen LogP contribution is 2.20. The third-order valence-corrected chi connectivity index (χ3v) is 2.20. The molecule has 2 atom stereocenters. The van der Waals surface area contributed by atoms with Crippen LogP contribution in [0.5, 0.6) is 0 Å². The van der Waals surface area contributed by atoms with Crippen molar-refractivity contribution in [1.29, 1.82) is 0 Å². The number of amides is 2. The zero-order valence-electron chi connectivity index (χ0n) is 8.61. The van der Waals surface area contributed by atoms with Crippen LogP contribution < -0.4 is 5.73 Å². The molecule has 0 radical (unpaired) electrons. The van der Waals surface area contributed by atoms with E-state index in [4.69, 9.17) is 5.73 Å². The molecule has 17 heavy (non-hydrogen) atoms. The Morgan fingerprint density at radius 1 is 1.47 bits per heavy atom. The molecule has 9 heteroatoms. The van der Waals surface area contributed by atoms with Gasteiger partial charge in [-0.15, -0.1) is 0 Å². The molecule has 2 amide bonds. The number of aliphatic hydroxyl groups is 1. The first-order valence-electron chi connectivity index (χ1n) is 4.68. The van der Waals surface area contributed by atoms with Gasteiger partial charge in [-0.05, 0) is 0 Å². The van der Waals surface area contributed by atoms with E-state index in [9.17, 15) is 27.9 Å². The van der Waals surface area contributed by atoms with E-state index < -0.39 is 36.9 Å². The predicted molar refractivity (Wildman–Crippen MR) is 47.7 cm³/mol. The summed E-state index contributed by atoms with van der Waals surface area (Å²) in [4.78, 5) is 22.8. The number of hydrogen-bond donors (Lipinski definition) is 2. The van der Waals surface area contributed by atoms with E-state index in [2.05, 4.69) is 4.74 Å². The summed E-state index contributed by atoms with van der Waals surface area (Å²) in [7, 11) is 0. The molecule has 0 aliphatic carbocycles. The van der Waals surface area contributed by atoms with Gasteiger partial charge < -0.3 is 15.6 Å². The van der Waals surface area contributed by atoms with Gasteiger partial charge in [0, 0.05) is 6.42 Å². The van der Waals surface area contributed by atoms with Crippen LogP contribution in [0.15, 0.2) is 0 Å². The van der Waals surface area contributed by atoms with Gasteiger partial charge in [0.2, 0.25) is 5.91 Å². The summed E-state index contributed by atoms with van der Waals surface area (Å²) in [5, 5.41) is 9.22. The van der Waals surface area contributed by atoms with Crippen LogP contribution in [-0.4, -0.2) is 53.5 Å². The Kier molecular flexibility index (Phi) is 3.81. The van der Waals surface area contributed by atoms with E-state index in [1.165, 1.54) is 0 Å². The van der Waals surface area contributed by atoms with Crippen LogP contribution in [0.2, 0.25) is 0 Å². The summed E-state index contributed by atoms with van der Waals surface area (Å²) in [5.41, 5.74) is 4.95. The fourth-order valence-electron chi connectivity index (χ4n) is 1.51. The minimum Gasteiger partial charge on any atom is -0.440 e. The fraction of sp³-hybridized carbons (Fsp3) is 0.750. The van der Waals surface area contributed by atoms with Gasteiger partial charge >= 0.3 is 12.3 Å².